The number of carboxylic acid groups (broad SMARTS) is 1. The third kappa shape index (κ3) is 1.39. The molecule has 3 heterocycles. The van der Waals surface area contributed by atoms with Gasteiger partial charge in [-0.25, -0.2) is 9.78 Å². The van der Waals surface area contributed by atoms with Crippen molar-refractivity contribution in [1.82, 2.24) is 15.0 Å². The van der Waals surface area contributed by atoms with Crippen molar-refractivity contribution in [3.63, 3.8) is 0 Å². The number of aromatic carboxylic acids is 1. The van der Waals surface area contributed by atoms with E-state index in [0.29, 0.717) is 27.8 Å². The minimum Gasteiger partial charge on any atom is -0.481 e. The van der Waals surface area contributed by atoms with Gasteiger partial charge in [0, 0.05) is 17.6 Å². The highest BCUT2D eigenvalue weighted by molar-refractivity contribution is 6.13. The van der Waals surface area contributed by atoms with Gasteiger partial charge in [0.05, 0.1) is 29.9 Å². The zero-order valence-corrected chi connectivity index (χ0v) is 9.47. The number of hydrogen-bond acceptors (Lipinski definition) is 4. The fourth-order valence-corrected chi connectivity index (χ4v) is 1.93. The van der Waals surface area contributed by atoms with Crippen LogP contribution in [-0.4, -0.2) is 33.1 Å². The van der Waals surface area contributed by atoms with E-state index in [1.165, 1.54) is 13.3 Å². The molecule has 3 aromatic rings. The number of aromatic amines is 1. The summed E-state index contributed by atoms with van der Waals surface area (Å²) in [4.78, 5) is 22.5. The smallest absolute Gasteiger partial charge is 0.337 e. The number of H-pyrrole nitrogens is 1. The van der Waals surface area contributed by atoms with Gasteiger partial charge in [-0.1, -0.05) is 0 Å². The molecular weight excluding hydrogens is 234 g/mol. The molecule has 3 aromatic heterocycles. The molecule has 90 valence electrons. The molecule has 0 unspecified atom stereocenters. The molecule has 0 aliphatic carbocycles. The molecule has 0 atom stereocenters. The Labute approximate surface area is 101 Å². The maximum Gasteiger partial charge on any atom is 0.337 e. The highest BCUT2D eigenvalue weighted by Crippen LogP contribution is 2.26. The van der Waals surface area contributed by atoms with Crippen molar-refractivity contribution in [2.45, 2.75) is 0 Å². The number of carbonyl (C=O) groups is 1. The number of pyridine rings is 2. The fourth-order valence-electron chi connectivity index (χ4n) is 1.93. The summed E-state index contributed by atoms with van der Waals surface area (Å²) < 4.78 is 5.05. The Kier molecular flexibility index (Phi) is 2.16. The van der Waals surface area contributed by atoms with Gasteiger partial charge in [0.2, 0.25) is 5.88 Å². The van der Waals surface area contributed by atoms with Gasteiger partial charge in [-0.3, -0.25) is 4.98 Å². The van der Waals surface area contributed by atoms with Crippen molar-refractivity contribution in [3.05, 3.63) is 30.1 Å². The topological polar surface area (TPSA) is 88.1 Å². The van der Waals surface area contributed by atoms with E-state index in [2.05, 4.69) is 15.0 Å². The van der Waals surface area contributed by atoms with Crippen LogP contribution in [0.5, 0.6) is 5.88 Å². The van der Waals surface area contributed by atoms with E-state index >= 15 is 0 Å². The molecule has 6 nitrogen and oxygen atoms in total. The quantitative estimate of drug-likeness (QED) is 0.716. The van der Waals surface area contributed by atoms with Crippen LogP contribution < -0.4 is 4.74 Å². The minimum absolute atomic E-state index is 0.179. The lowest BCUT2D eigenvalue weighted by Crippen LogP contribution is -1.96. The summed E-state index contributed by atoms with van der Waals surface area (Å²) in [7, 11) is 1.51. The van der Waals surface area contributed by atoms with Crippen LogP contribution in [0.25, 0.3) is 21.9 Å². The van der Waals surface area contributed by atoms with Crippen molar-refractivity contribution in [2.75, 3.05) is 7.11 Å². The van der Waals surface area contributed by atoms with Crippen molar-refractivity contribution in [3.8, 4) is 5.88 Å². The number of methoxy groups -OCH3 is 1. The average Bonchev–Trinajstić information content (AvgIpc) is 2.82. The molecule has 0 amide bonds. The highest BCUT2D eigenvalue weighted by atomic mass is 16.5. The summed E-state index contributed by atoms with van der Waals surface area (Å²) in [6.45, 7) is 0. The standard InChI is InChI=1S/C12H9N3O3/c1-18-9-3-2-7-11(15-9)10-6(12(16)17)4-13-8(10)5-14-7/h2-5,13H,1H3,(H,16,17). The van der Waals surface area contributed by atoms with Crippen molar-refractivity contribution in [2.24, 2.45) is 0 Å². The van der Waals surface area contributed by atoms with Gasteiger partial charge in [-0.2, -0.15) is 0 Å². The average molecular weight is 243 g/mol. The zero-order valence-electron chi connectivity index (χ0n) is 9.47. The Morgan fingerprint density at radius 1 is 1.44 bits per heavy atom. The maximum atomic E-state index is 11.2. The second-order valence-electron chi connectivity index (χ2n) is 3.78. The molecule has 0 saturated carbocycles. The second kappa shape index (κ2) is 3.69. The van der Waals surface area contributed by atoms with E-state index in [1.807, 2.05) is 0 Å². The first-order valence-electron chi connectivity index (χ1n) is 5.25. The van der Waals surface area contributed by atoms with Crippen LogP contribution in [0.2, 0.25) is 0 Å². The van der Waals surface area contributed by atoms with E-state index in [0.717, 1.165) is 0 Å². The number of nitrogens with zero attached hydrogens (tertiary/aromatic N) is 2. The van der Waals surface area contributed by atoms with Crippen LogP contribution in [0.3, 0.4) is 0 Å². The molecular formula is C12H9N3O3. The lowest BCUT2D eigenvalue weighted by Gasteiger charge is -2.02. The molecule has 0 aromatic carbocycles. The number of ether oxygens (including phenoxy) is 1. The van der Waals surface area contributed by atoms with Crippen LogP contribution in [0.1, 0.15) is 10.4 Å². The van der Waals surface area contributed by atoms with Crippen LogP contribution in [-0.2, 0) is 0 Å². The van der Waals surface area contributed by atoms with Gasteiger partial charge in [-0.15, -0.1) is 0 Å². The van der Waals surface area contributed by atoms with Gasteiger partial charge < -0.3 is 14.8 Å². The first-order valence-corrected chi connectivity index (χ1v) is 5.25. The normalized spacial score (nSPS) is 10.9. The Morgan fingerprint density at radius 3 is 3.00 bits per heavy atom. The lowest BCUT2D eigenvalue weighted by molar-refractivity contribution is 0.0699. The van der Waals surface area contributed by atoms with E-state index in [-0.39, 0.29) is 5.56 Å². The van der Waals surface area contributed by atoms with Gasteiger partial charge in [-0.05, 0) is 6.07 Å². The molecule has 6 heteroatoms. The Balaban J connectivity index is 2.48. The first kappa shape index (κ1) is 10.5. The summed E-state index contributed by atoms with van der Waals surface area (Å²) in [6.07, 6.45) is 3.04. The number of fused-ring (bicyclic) bond motifs is 3. The van der Waals surface area contributed by atoms with Crippen LogP contribution >= 0.6 is 0 Å². The SMILES string of the molecule is COc1ccc2ncc3[nH]cc(C(=O)O)c3c2n1. The van der Waals surface area contributed by atoms with E-state index < -0.39 is 5.97 Å². The summed E-state index contributed by atoms with van der Waals surface area (Å²) in [5.74, 6) is -0.576. The summed E-state index contributed by atoms with van der Waals surface area (Å²) in [5, 5.41) is 9.71. The third-order valence-electron chi connectivity index (χ3n) is 2.77. The molecule has 0 saturated heterocycles. The van der Waals surface area contributed by atoms with Gasteiger partial charge in [0.1, 0.15) is 5.52 Å². The predicted octanol–water partition coefficient (Wildman–Crippen LogP) is 1.82. The lowest BCUT2D eigenvalue weighted by atomic mass is 10.1. The van der Waals surface area contributed by atoms with Crippen molar-refractivity contribution in [1.29, 1.82) is 0 Å². The third-order valence-corrected chi connectivity index (χ3v) is 2.77. The minimum atomic E-state index is -1.00. The summed E-state index contributed by atoms with van der Waals surface area (Å²) >= 11 is 0. The van der Waals surface area contributed by atoms with Crippen molar-refractivity contribution < 1.29 is 14.6 Å². The van der Waals surface area contributed by atoms with E-state index in [1.54, 1.807) is 18.3 Å². The number of nitrogens with one attached hydrogen (secondary N) is 1. The molecule has 0 spiro atoms. The molecule has 0 bridgehead atoms. The van der Waals surface area contributed by atoms with Gasteiger partial charge >= 0.3 is 5.97 Å². The first-order chi connectivity index (χ1) is 8.70. The van der Waals surface area contributed by atoms with Crippen LogP contribution in [0.15, 0.2) is 24.5 Å². The molecule has 0 aliphatic rings. The van der Waals surface area contributed by atoms with E-state index in [9.17, 15) is 4.79 Å². The molecule has 0 aliphatic heterocycles. The fraction of sp³-hybridized carbons (Fsp3) is 0.0833. The maximum absolute atomic E-state index is 11.2. The predicted molar refractivity (Wildman–Crippen MR) is 64.9 cm³/mol. The highest BCUT2D eigenvalue weighted by Gasteiger charge is 2.15. The second-order valence-corrected chi connectivity index (χ2v) is 3.78. The van der Waals surface area contributed by atoms with Crippen LogP contribution in [0.4, 0.5) is 0 Å². The van der Waals surface area contributed by atoms with Gasteiger partial charge in [0.15, 0.2) is 0 Å². The Bertz CT molecular complexity index is 764. The largest absolute Gasteiger partial charge is 0.481 e. The van der Waals surface area contributed by atoms with Crippen LogP contribution in [0, 0.1) is 0 Å². The Hall–Kier alpha value is -2.63. The summed E-state index contributed by atoms with van der Waals surface area (Å²) in [5.41, 5.74) is 1.97. The molecule has 3 rings (SSSR count). The number of hydrogen-bond donors (Lipinski definition) is 2. The number of aromatic nitrogens is 3. The molecule has 2 N–H and O–H groups in total. The number of carboxylic acids is 1. The monoisotopic (exact) mass is 243 g/mol. The van der Waals surface area contributed by atoms with Gasteiger partial charge in [0.25, 0.3) is 0 Å². The summed E-state index contributed by atoms with van der Waals surface area (Å²) in [6, 6.07) is 3.44. The van der Waals surface area contributed by atoms with Crippen molar-refractivity contribution >= 4 is 27.9 Å². The number of rotatable bonds is 2. The molecule has 0 fully saturated rings. The molecule has 18 heavy (non-hydrogen) atoms. The van der Waals surface area contributed by atoms with E-state index in [4.69, 9.17) is 9.84 Å². The Morgan fingerprint density at radius 2 is 2.28 bits per heavy atom. The zero-order chi connectivity index (χ0) is 12.7. The molecule has 0 radical (unpaired) electrons.